The number of phenols is 1. The second-order valence-electron chi connectivity index (χ2n) is 4.46. The zero-order chi connectivity index (χ0) is 15.5. The molecule has 0 aliphatic rings. The molecule has 3 aromatic rings. The van der Waals surface area contributed by atoms with Gasteiger partial charge in [0.1, 0.15) is 5.75 Å². The molecule has 3 rings (SSSR count). The second-order valence-corrected chi connectivity index (χ2v) is 5.73. The number of aromatic hydroxyl groups is 1. The molecule has 2 N–H and O–H groups in total. The predicted molar refractivity (Wildman–Crippen MR) is 91.6 cm³/mol. The number of halogens is 2. The molecule has 0 fully saturated rings. The summed E-state index contributed by atoms with van der Waals surface area (Å²) in [4.78, 5) is 0. The Hall–Kier alpha value is -2.18. The van der Waals surface area contributed by atoms with Gasteiger partial charge in [-0.1, -0.05) is 51.8 Å². The minimum Gasteiger partial charge on any atom is -0.507 e. The molecule has 7 heteroatoms. The number of fused-ring (bicyclic) bond motifs is 1. The maximum atomic E-state index is 9.76. The van der Waals surface area contributed by atoms with E-state index in [2.05, 4.69) is 36.7 Å². The molecule has 0 aliphatic heterocycles. The molecular formula is C15H10BrClN4O. The van der Waals surface area contributed by atoms with E-state index in [4.69, 9.17) is 11.6 Å². The Morgan fingerprint density at radius 3 is 2.73 bits per heavy atom. The van der Waals surface area contributed by atoms with Gasteiger partial charge < -0.3 is 5.11 Å². The maximum absolute atomic E-state index is 9.76. The molecule has 0 amide bonds. The van der Waals surface area contributed by atoms with Gasteiger partial charge in [0, 0.05) is 20.8 Å². The summed E-state index contributed by atoms with van der Waals surface area (Å²) >= 11 is 9.36. The number of hydrogen-bond acceptors (Lipinski definition) is 5. The van der Waals surface area contributed by atoms with Gasteiger partial charge in [-0.05, 0) is 18.2 Å². The Labute approximate surface area is 139 Å². The van der Waals surface area contributed by atoms with E-state index < -0.39 is 0 Å². The van der Waals surface area contributed by atoms with E-state index in [-0.39, 0.29) is 5.75 Å². The van der Waals surface area contributed by atoms with Crippen molar-refractivity contribution in [2.45, 2.75) is 0 Å². The van der Waals surface area contributed by atoms with E-state index in [0.29, 0.717) is 16.5 Å². The highest BCUT2D eigenvalue weighted by atomic mass is 79.9. The van der Waals surface area contributed by atoms with E-state index in [9.17, 15) is 5.11 Å². The maximum Gasteiger partial charge on any atom is 0.176 e. The number of benzene rings is 2. The molecular weight excluding hydrogens is 368 g/mol. The highest BCUT2D eigenvalue weighted by Gasteiger charge is 2.06. The first-order chi connectivity index (χ1) is 10.6. The number of anilines is 1. The summed E-state index contributed by atoms with van der Waals surface area (Å²) in [5.41, 5.74) is 3.40. The van der Waals surface area contributed by atoms with Gasteiger partial charge in [-0.25, -0.2) is 0 Å². The lowest BCUT2D eigenvalue weighted by Gasteiger charge is -2.05. The molecule has 110 valence electrons. The molecule has 1 aromatic heterocycles. The SMILES string of the molecule is Oc1ccc(Br)cc1C=NNc1nnc(Cl)c2ccccc12. The van der Waals surface area contributed by atoms with Crippen LogP contribution in [0.15, 0.2) is 52.0 Å². The van der Waals surface area contributed by atoms with E-state index in [1.807, 2.05) is 24.3 Å². The minimum absolute atomic E-state index is 0.140. The normalized spacial score (nSPS) is 11.2. The van der Waals surface area contributed by atoms with E-state index in [1.54, 1.807) is 18.2 Å². The third kappa shape index (κ3) is 3.03. The third-order valence-electron chi connectivity index (χ3n) is 3.01. The van der Waals surface area contributed by atoms with Crippen molar-refractivity contribution in [3.8, 4) is 5.75 Å². The molecule has 5 nitrogen and oxygen atoms in total. The van der Waals surface area contributed by atoms with Crippen molar-refractivity contribution < 1.29 is 5.11 Å². The Kier molecular flexibility index (Phi) is 4.22. The van der Waals surface area contributed by atoms with Gasteiger partial charge in [0.2, 0.25) is 0 Å². The fraction of sp³-hybridized carbons (Fsp3) is 0. The van der Waals surface area contributed by atoms with Crippen LogP contribution in [0.5, 0.6) is 5.75 Å². The molecule has 0 aliphatic carbocycles. The number of rotatable bonds is 3. The molecule has 0 spiro atoms. The molecule has 22 heavy (non-hydrogen) atoms. The standard InChI is InChI=1S/C15H10BrClN4O/c16-10-5-6-13(22)9(7-10)8-18-20-15-12-4-2-1-3-11(12)14(17)19-21-15/h1-8,22H,(H,20,21). The summed E-state index contributed by atoms with van der Waals surface area (Å²) in [6.07, 6.45) is 1.51. The minimum atomic E-state index is 0.140. The van der Waals surface area contributed by atoms with Gasteiger partial charge in [-0.15, -0.1) is 10.2 Å². The van der Waals surface area contributed by atoms with Crippen molar-refractivity contribution in [3.05, 3.63) is 57.7 Å². The third-order valence-corrected chi connectivity index (χ3v) is 3.78. The van der Waals surface area contributed by atoms with Crippen LogP contribution in [0.4, 0.5) is 5.82 Å². The van der Waals surface area contributed by atoms with Gasteiger partial charge in [0.05, 0.1) is 6.21 Å². The van der Waals surface area contributed by atoms with Crippen molar-refractivity contribution in [2.75, 3.05) is 5.43 Å². The van der Waals surface area contributed by atoms with Crippen LogP contribution in [-0.2, 0) is 0 Å². The van der Waals surface area contributed by atoms with Crippen molar-refractivity contribution in [2.24, 2.45) is 5.10 Å². The van der Waals surface area contributed by atoms with Gasteiger partial charge in [-0.2, -0.15) is 5.10 Å². The van der Waals surface area contributed by atoms with Crippen molar-refractivity contribution in [1.82, 2.24) is 10.2 Å². The number of aromatic nitrogens is 2. The van der Waals surface area contributed by atoms with Gasteiger partial charge in [0.15, 0.2) is 11.0 Å². The number of hydrazone groups is 1. The Morgan fingerprint density at radius 2 is 1.91 bits per heavy atom. The summed E-state index contributed by atoms with van der Waals surface area (Å²) in [7, 11) is 0. The zero-order valence-corrected chi connectivity index (χ0v) is 13.5. The Balaban J connectivity index is 1.90. The summed E-state index contributed by atoms with van der Waals surface area (Å²) in [6.45, 7) is 0. The fourth-order valence-electron chi connectivity index (χ4n) is 1.95. The molecule has 0 atom stereocenters. The Morgan fingerprint density at radius 1 is 1.14 bits per heavy atom. The molecule has 2 aromatic carbocycles. The molecule has 0 unspecified atom stereocenters. The van der Waals surface area contributed by atoms with Crippen LogP contribution in [0.2, 0.25) is 5.15 Å². The number of nitrogens with one attached hydrogen (secondary N) is 1. The van der Waals surface area contributed by atoms with Crippen LogP contribution in [-0.4, -0.2) is 21.5 Å². The molecule has 1 heterocycles. The van der Waals surface area contributed by atoms with E-state index in [1.165, 1.54) is 6.21 Å². The highest BCUT2D eigenvalue weighted by molar-refractivity contribution is 9.10. The average molecular weight is 378 g/mol. The van der Waals surface area contributed by atoms with Crippen molar-refractivity contribution in [1.29, 1.82) is 0 Å². The summed E-state index contributed by atoms with van der Waals surface area (Å²) in [6, 6.07) is 12.6. The molecule has 0 radical (unpaired) electrons. The van der Waals surface area contributed by atoms with Gasteiger partial charge >= 0.3 is 0 Å². The van der Waals surface area contributed by atoms with E-state index in [0.717, 1.165) is 15.2 Å². The first kappa shape index (κ1) is 14.7. The number of hydrogen-bond donors (Lipinski definition) is 2. The van der Waals surface area contributed by atoms with Gasteiger partial charge in [0.25, 0.3) is 0 Å². The van der Waals surface area contributed by atoms with Crippen LogP contribution in [0.25, 0.3) is 10.8 Å². The average Bonchev–Trinajstić information content (AvgIpc) is 2.53. The topological polar surface area (TPSA) is 70.4 Å². The van der Waals surface area contributed by atoms with Crippen LogP contribution >= 0.6 is 27.5 Å². The lowest BCUT2D eigenvalue weighted by molar-refractivity contribution is 0.474. The van der Waals surface area contributed by atoms with Gasteiger partial charge in [-0.3, -0.25) is 5.43 Å². The van der Waals surface area contributed by atoms with Crippen LogP contribution in [0, 0.1) is 0 Å². The first-order valence-corrected chi connectivity index (χ1v) is 7.51. The van der Waals surface area contributed by atoms with Crippen molar-refractivity contribution >= 4 is 50.3 Å². The summed E-state index contributed by atoms with van der Waals surface area (Å²) < 4.78 is 0.850. The molecule has 0 saturated heterocycles. The fourth-order valence-corrected chi connectivity index (χ4v) is 2.53. The zero-order valence-electron chi connectivity index (χ0n) is 11.2. The molecule has 0 bridgehead atoms. The largest absolute Gasteiger partial charge is 0.507 e. The smallest absolute Gasteiger partial charge is 0.176 e. The Bertz CT molecular complexity index is 869. The molecule has 0 saturated carbocycles. The highest BCUT2D eigenvalue weighted by Crippen LogP contribution is 2.25. The first-order valence-electron chi connectivity index (χ1n) is 6.33. The van der Waals surface area contributed by atoms with E-state index >= 15 is 0 Å². The summed E-state index contributed by atoms with van der Waals surface area (Å²) in [5, 5.41) is 23.7. The van der Waals surface area contributed by atoms with Crippen LogP contribution in [0.1, 0.15) is 5.56 Å². The lowest BCUT2D eigenvalue weighted by Crippen LogP contribution is -1.97. The van der Waals surface area contributed by atoms with Crippen molar-refractivity contribution in [3.63, 3.8) is 0 Å². The number of phenolic OH excluding ortho intramolecular Hbond substituents is 1. The summed E-state index contributed by atoms with van der Waals surface area (Å²) in [5.74, 6) is 0.631. The lowest BCUT2D eigenvalue weighted by atomic mass is 10.2. The van der Waals surface area contributed by atoms with Crippen LogP contribution in [0.3, 0.4) is 0 Å². The number of nitrogens with zero attached hydrogens (tertiary/aromatic N) is 3. The quantitative estimate of drug-likeness (QED) is 0.530. The predicted octanol–water partition coefficient (Wildman–Crippen LogP) is 4.20. The van der Waals surface area contributed by atoms with Crippen LogP contribution < -0.4 is 5.43 Å². The monoisotopic (exact) mass is 376 g/mol. The second kappa shape index (κ2) is 6.29.